The Morgan fingerprint density at radius 1 is 1.10 bits per heavy atom. The van der Waals surface area contributed by atoms with Crippen molar-refractivity contribution < 1.29 is 18.0 Å². The predicted octanol–water partition coefficient (Wildman–Crippen LogP) is 0.185. The zero-order chi connectivity index (χ0) is 21.3. The van der Waals surface area contributed by atoms with Crippen LogP contribution < -0.4 is 10.0 Å². The number of carbonyl (C=O) groups is 2. The van der Waals surface area contributed by atoms with Crippen LogP contribution in [-0.4, -0.2) is 66.2 Å². The Kier molecular flexibility index (Phi) is 5.22. The lowest BCUT2D eigenvalue weighted by molar-refractivity contribution is -0.134. The van der Waals surface area contributed by atoms with Gasteiger partial charge in [-0.25, -0.2) is 13.1 Å². The molecule has 0 saturated carbocycles. The summed E-state index contributed by atoms with van der Waals surface area (Å²) in [5.41, 5.74) is 2.54. The smallest absolute Gasteiger partial charge is 0.251 e. The van der Waals surface area contributed by atoms with Crippen LogP contribution in [0.3, 0.4) is 0 Å². The van der Waals surface area contributed by atoms with E-state index in [4.69, 9.17) is 0 Å². The van der Waals surface area contributed by atoms with Crippen LogP contribution in [0.1, 0.15) is 15.9 Å². The Morgan fingerprint density at radius 2 is 1.80 bits per heavy atom. The average Bonchev–Trinajstić information content (AvgIpc) is 3.16. The Bertz CT molecular complexity index is 1200. The van der Waals surface area contributed by atoms with E-state index in [2.05, 4.69) is 25.4 Å². The molecule has 0 radical (unpaired) electrons. The number of sulfonamides is 1. The summed E-state index contributed by atoms with van der Waals surface area (Å²) in [7, 11) is -3.63. The van der Waals surface area contributed by atoms with Crippen molar-refractivity contribution in [2.24, 2.45) is 0 Å². The van der Waals surface area contributed by atoms with Gasteiger partial charge in [0.05, 0.1) is 17.5 Å². The monoisotopic (exact) mass is 428 g/mol. The number of hydrogen-bond acceptors (Lipinski definition) is 6. The molecule has 3 N–H and O–H groups in total. The summed E-state index contributed by atoms with van der Waals surface area (Å²) < 4.78 is 27.4. The van der Waals surface area contributed by atoms with Gasteiger partial charge in [0.25, 0.3) is 5.91 Å². The molecule has 2 heterocycles. The first kappa shape index (κ1) is 20.0. The van der Waals surface area contributed by atoms with Crippen LogP contribution in [0.2, 0.25) is 0 Å². The van der Waals surface area contributed by atoms with Crippen LogP contribution in [0.15, 0.2) is 47.4 Å². The van der Waals surface area contributed by atoms with E-state index < -0.39 is 15.9 Å². The molecule has 1 aliphatic rings. The Balaban J connectivity index is 1.26. The lowest BCUT2D eigenvalue weighted by atomic mass is 10.1. The Hall–Kier alpha value is -3.31. The van der Waals surface area contributed by atoms with Gasteiger partial charge >= 0.3 is 0 Å². The van der Waals surface area contributed by atoms with Gasteiger partial charge in [-0.2, -0.15) is 15.4 Å². The highest BCUT2D eigenvalue weighted by Crippen LogP contribution is 2.15. The fraction of sp³-hybridized carbons (Fsp3) is 0.263. The summed E-state index contributed by atoms with van der Waals surface area (Å²) in [6.45, 7) is 2.22. The molecule has 10 nitrogen and oxygen atoms in total. The molecule has 1 aromatic heterocycles. The fourth-order valence-electron chi connectivity index (χ4n) is 3.11. The zero-order valence-electron chi connectivity index (χ0n) is 16.1. The number of H-pyrrole nitrogens is 1. The number of aromatic amines is 1. The molecule has 1 aliphatic heterocycles. The van der Waals surface area contributed by atoms with E-state index in [-0.39, 0.29) is 36.5 Å². The molecule has 30 heavy (non-hydrogen) atoms. The van der Waals surface area contributed by atoms with E-state index >= 15 is 0 Å². The minimum atomic E-state index is -3.63. The van der Waals surface area contributed by atoms with Crippen molar-refractivity contribution in [1.29, 1.82) is 0 Å². The third-order valence-corrected chi connectivity index (χ3v) is 6.40. The van der Waals surface area contributed by atoms with E-state index in [9.17, 15) is 18.0 Å². The molecule has 1 fully saturated rings. The normalized spacial score (nSPS) is 14.5. The summed E-state index contributed by atoms with van der Waals surface area (Å²) in [6, 6.07) is 11.0. The van der Waals surface area contributed by atoms with Crippen LogP contribution >= 0.6 is 0 Å². The molecule has 0 unspecified atom stereocenters. The molecule has 0 aliphatic carbocycles. The van der Waals surface area contributed by atoms with Gasteiger partial charge in [-0.15, -0.1) is 0 Å². The summed E-state index contributed by atoms with van der Waals surface area (Å²) in [6.07, 6.45) is 0. The topological polar surface area (TPSA) is 137 Å². The van der Waals surface area contributed by atoms with Gasteiger partial charge in [-0.3, -0.25) is 9.59 Å². The van der Waals surface area contributed by atoms with Crippen molar-refractivity contribution in [2.75, 3.05) is 19.6 Å². The fourth-order valence-corrected chi connectivity index (χ4v) is 4.33. The van der Waals surface area contributed by atoms with E-state index in [0.717, 1.165) is 5.56 Å². The molecular formula is C19H20N6O4S. The number of nitrogens with zero attached hydrogens (tertiary/aromatic N) is 3. The van der Waals surface area contributed by atoms with Gasteiger partial charge in [0.15, 0.2) is 0 Å². The second-order valence-corrected chi connectivity index (χ2v) is 8.85. The highest BCUT2D eigenvalue weighted by atomic mass is 32.2. The first-order valence-electron chi connectivity index (χ1n) is 9.27. The predicted molar refractivity (Wildman–Crippen MR) is 108 cm³/mol. The molecule has 0 spiro atoms. The first-order chi connectivity index (χ1) is 14.3. The Morgan fingerprint density at radius 3 is 2.53 bits per heavy atom. The molecule has 2 aromatic carbocycles. The van der Waals surface area contributed by atoms with Crippen molar-refractivity contribution >= 4 is 32.9 Å². The SMILES string of the molecule is Cc1ccc(S(=O)(=O)NC2CN(C(=O)CNC(=O)c3ccc4n[nH]nc4c3)C2)cc1. The second-order valence-electron chi connectivity index (χ2n) is 7.14. The average molecular weight is 428 g/mol. The summed E-state index contributed by atoms with van der Waals surface area (Å²) in [5.74, 6) is -0.679. The van der Waals surface area contributed by atoms with Crippen LogP contribution in [0.25, 0.3) is 11.0 Å². The van der Waals surface area contributed by atoms with Gasteiger partial charge < -0.3 is 10.2 Å². The van der Waals surface area contributed by atoms with Crippen LogP contribution in [0.5, 0.6) is 0 Å². The standard InChI is InChI=1S/C19H20N6O4S/c1-12-2-5-15(6-3-12)30(28,29)23-14-10-25(11-14)18(26)9-20-19(27)13-4-7-16-17(8-13)22-24-21-16/h2-8,14,23H,9-11H2,1H3,(H,20,27)(H,21,22,24). The van der Waals surface area contributed by atoms with Gasteiger partial charge in [-0.05, 0) is 37.3 Å². The van der Waals surface area contributed by atoms with E-state index in [0.29, 0.717) is 16.6 Å². The van der Waals surface area contributed by atoms with Gasteiger partial charge in [0.2, 0.25) is 15.9 Å². The molecule has 2 amide bonds. The molecule has 156 valence electrons. The molecule has 3 aromatic rings. The van der Waals surface area contributed by atoms with Crippen molar-refractivity contribution in [3.63, 3.8) is 0 Å². The second kappa shape index (κ2) is 7.84. The molecule has 4 rings (SSSR count). The maximum Gasteiger partial charge on any atom is 0.251 e. The Labute approximate surface area is 172 Å². The third kappa shape index (κ3) is 4.16. The number of aryl methyl sites for hydroxylation is 1. The maximum atomic E-state index is 12.4. The van der Waals surface area contributed by atoms with Gasteiger partial charge in [-0.1, -0.05) is 17.7 Å². The number of carbonyl (C=O) groups excluding carboxylic acids is 2. The number of benzene rings is 2. The van der Waals surface area contributed by atoms with E-state index in [1.165, 1.54) is 4.90 Å². The number of rotatable bonds is 6. The van der Waals surface area contributed by atoms with Crippen molar-refractivity contribution in [2.45, 2.75) is 17.9 Å². The van der Waals surface area contributed by atoms with Gasteiger partial charge in [0, 0.05) is 18.7 Å². The van der Waals surface area contributed by atoms with E-state index in [1.807, 2.05) is 6.92 Å². The summed E-state index contributed by atoms with van der Waals surface area (Å²) in [4.78, 5) is 26.2. The van der Waals surface area contributed by atoms with Crippen molar-refractivity contribution in [3.05, 3.63) is 53.6 Å². The minimum absolute atomic E-state index is 0.173. The summed E-state index contributed by atoms with van der Waals surface area (Å²) >= 11 is 0. The number of amides is 2. The minimum Gasteiger partial charge on any atom is -0.343 e. The number of likely N-dealkylation sites (tertiary alicyclic amines) is 1. The molecule has 1 saturated heterocycles. The number of aromatic nitrogens is 3. The van der Waals surface area contributed by atoms with Gasteiger partial charge in [0.1, 0.15) is 11.0 Å². The van der Waals surface area contributed by atoms with Crippen LogP contribution in [-0.2, 0) is 14.8 Å². The quantitative estimate of drug-likeness (QED) is 0.512. The van der Waals surface area contributed by atoms with Crippen LogP contribution in [0.4, 0.5) is 0 Å². The largest absolute Gasteiger partial charge is 0.343 e. The maximum absolute atomic E-state index is 12.4. The number of fused-ring (bicyclic) bond motifs is 1. The molecular weight excluding hydrogens is 408 g/mol. The molecule has 11 heteroatoms. The molecule has 0 bridgehead atoms. The highest BCUT2D eigenvalue weighted by molar-refractivity contribution is 7.89. The van der Waals surface area contributed by atoms with E-state index in [1.54, 1.807) is 42.5 Å². The summed E-state index contributed by atoms with van der Waals surface area (Å²) in [5, 5.41) is 12.9. The zero-order valence-corrected chi connectivity index (χ0v) is 16.9. The lowest BCUT2D eigenvalue weighted by Gasteiger charge is -2.39. The highest BCUT2D eigenvalue weighted by Gasteiger charge is 2.33. The number of hydrogen-bond donors (Lipinski definition) is 3. The van der Waals surface area contributed by atoms with Crippen molar-refractivity contribution in [1.82, 2.24) is 30.3 Å². The lowest BCUT2D eigenvalue weighted by Crippen LogP contribution is -2.62. The van der Waals surface area contributed by atoms with Crippen LogP contribution in [0, 0.1) is 6.92 Å². The third-order valence-electron chi connectivity index (χ3n) is 4.87. The molecule has 0 atom stereocenters. The van der Waals surface area contributed by atoms with Crippen molar-refractivity contribution in [3.8, 4) is 0 Å². The number of nitrogens with one attached hydrogen (secondary N) is 3. The first-order valence-corrected chi connectivity index (χ1v) is 10.8.